The summed E-state index contributed by atoms with van der Waals surface area (Å²) in [5, 5.41) is 28.7. The minimum atomic E-state index is -0.585. The molecule has 0 saturated heterocycles. The third-order valence-corrected chi connectivity index (χ3v) is 3.02. The van der Waals surface area contributed by atoms with Gasteiger partial charge in [0.1, 0.15) is 42.4 Å². The Morgan fingerprint density at radius 1 is 1.00 bits per heavy atom. The van der Waals surface area contributed by atoms with E-state index >= 15 is 0 Å². The van der Waals surface area contributed by atoms with E-state index in [-0.39, 0.29) is 30.2 Å². The highest BCUT2D eigenvalue weighted by Gasteiger charge is 2.11. The number of non-ortho nitro benzene ring substituents is 1. The van der Waals surface area contributed by atoms with Crippen molar-refractivity contribution in [2.24, 2.45) is 0 Å². The summed E-state index contributed by atoms with van der Waals surface area (Å²) in [5.74, 6) is 0.601. The molecule has 0 spiro atoms. The Balaban J connectivity index is 1.97. The Kier molecular flexibility index (Phi) is 5.17. The number of benzene rings is 2. The van der Waals surface area contributed by atoms with Crippen LogP contribution in [0.1, 0.15) is 11.1 Å². The molecule has 2 N–H and O–H groups in total. The lowest BCUT2D eigenvalue weighted by atomic mass is 10.2. The number of hydrogen-bond donors (Lipinski definition) is 1. The Labute approximate surface area is 137 Å². The zero-order chi connectivity index (χ0) is 17.5. The van der Waals surface area contributed by atoms with Crippen molar-refractivity contribution in [1.82, 2.24) is 0 Å². The molecule has 0 aliphatic heterocycles. The molecule has 0 atom stereocenters. The van der Waals surface area contributed by atoms with Gasteiger partial charge in [0, 0.05) is 17.8 Å². The highest BCUT2D eigenvalue weighted by Crippen LogP contribution is 2.24. The summed E-state index contributed by atoms with van der Waals surface area (Å²) in [6, 6.07) is 12.3. The second-order valence-electron chi connectivity index (χ2n) is 4.61. The minimum absolute atomic E-state index is 0.0643. The normalized spacial score (nSPS) is 9.58. The average Bonchev–Trinajstić information content (AvgIpc) is 2.59. The number of rotatable bonds is 6. The summed E-state index contributed by atoms with van der Waals surface area (Å²) in [6.07, 6.45) is 0. The number of nitro groups is 1. The van der Waals surface area contributed by atoms with Gasteiger partial charge in [0.15, 0.2) is 0 Å². The fourth-order valence-electron chi connectivity index (χ4n) is 1.91. The third kappa shape index (κ3) is 3.90. The molecular formula is C16H12N4O4. The van der Waals surface area contributed by atoms with E-state index in [1.807, 2.05) is 12.1 Å². The van der Waals surface area contributed by atoms with E-state index in [1.54, 1.807) is 12.1 Å². The first-order valence-electron chi connectivity index (χ1n) is 6.79. The SMILES string of the molecule is N#Cc1cc(N)ccc1OCCOc1ccc([N+](=O)[O-])cc1C#N. The first kappa shape index (κ1) is 16.6. The van der Waals surface area contributed by atoms with Crippen molar-refractivity contribution in [3.8, 4) is 23.6 Å². The lowest BCUT2D eigenvalue weighted by molar-refractivity contribution is -0.384. The second-order valence-corrected chi connectivity index (χ2v) is 4.61. The predicted octanol–water partition coefficient (Wildman–Crippen LogP) is 2.38. The summed E-state index contributed by atoms with van der Waals surface area (Å²) in [5.41, 5.74) is 6.24. The molecule has 24 heavy (non-hydrogen) atoms. The van der Waals surface area contributed by atoms with Crippen LogP contribution in [-0.4, -0.2) is 18.1 Å². The quantitative estimate of drug-likeness (QED) is 0.373. The largest absolute Gasteiger partial charge is 0.489 e. The Morgan fingerprint density at radius 3 is 2.08 bits per heavy atom. The third-order valence-electron chi connectivity index (χ3n) is 3.02. The molecule has 0 aromatic heterocycles. The van der Waals surface area contributed by atoms with Gasteiger partial charge in [0.2, 0.25) is 0 Å². The van der Waals surface area contributed by atoms with Gasteiger partial charge < -0.3 is 15.2 Å². The number of nitro benzene ring substituents is 1. The van der Waals surface area contributed by atoms with Crippen molar-refractivity contribution < 1.29 is 14.4 Å². The Bertz CT molecular complexity index is 852. The first-order valence-corrected chi connectivity index (χ1v) is 6.79. The van der Waals surface area contributed by atoms with Gasteiger partial charge in [-0.25, -0.2) is 0 Å². The zero-order valence-electron chi connectivity index (χ0n) is 12.4. The molecule has 2 aromatic rings. The first-order chi connectivity index (χ1) is 11.5. The summed E-state index contributed by atoms with van der Waals surface area (Å²) in [6.45, 7) is 0.224. The molecular weight excluding hydrogens is 312 g/mol. The zero-order valence-corrected chi connectivity index (χ0v) is 12.4. The minimum Gasteiger partial charge on any atom is -0.489 e. The number of nitrogens with two attached hydrogens (primary N) is 1. The number of anilines is 1. The highest BCUT2D eigenvalue weighted by atomic mass is 16.6. The van der Waals surface area contributed by atoms with Crippen LogP contribution >= 0.6 is 0 Å². The second kappa shape index (κ2) is 7.47. The molecule has 2 aromatic carbocycles. The van der Waals surface area contributed by atoms with Crippen LogP contribution in [0.2, 0.25) is 0 Å². The van der Waals surface area contributed by atoms with E-state index in [1.165, 1.54) is 18.2 Å². The summed E-state index contributed by atoms with van der Waals surface area (Å²) >= 11 is 0. The molecule has 0 heterocycles. The summed E-state index contributed by atoms with van der Waals surface area (Å²) < 4.78 is 10.9. The molecule has 0 fully saturated rings. The molecule has 120 valence electrons. The van der Waals surface area contributed by atoms with Gasteiger partial charge in [-0.05, 0) is 24.3 Å². The van der Waals surface area contributed by atoms with Crippen molar-refractivity contribution in [3.63, 3.8) is 0 Å². The maximum Gasteiger partial charge on any atom is 0.271 e. The number of nitrogen functional groups attached to an aromatic ring is 1. The highest BCUT2D eigenvalue weighted by molar-refractivity contribution is 5.53. The van der Waals surface area contributed by atoms with Gasteiger partial charge in [-0.15, -0.1) is 0 Å². The maximum absolute atomic E-state index is 10.7. The van der Waals surface area contributed by atoms with Crippen LogP contribution in [0.5, 0.6) is 11.5 Å². The van der Waals surface area contributed by atoms with Gasteiger partial charge in [0.25, 0.3) is 5.69 Å². The van der Waals surface area contributed by atoms with E-state index in [0.717, 1.165) is 6.07 Å². The molecule has 8 nitrogen and oxygen atoms in total. The number of hydrogen-bond acceptors (Lipinski definition) is 7. The van der Waals surface area contributed by atoms with Crippen molar-refractivity contribution in [1.29, 1.82) is 10.5 Å². The fourth-order valence-corrected chi connectivity index (χ4v) is 1.91. The number of nitriles is 2. The van der Waals surface area contributed by atoms with E-state index < -0.39 is 4.92 Å². The standard InChI is InChI=1S/C16H12N4O4/c17-9-11-7-13(19)1-3-15(11)23-5-6-24-16-4-2-14(20(21)22)8-12(16)10-18/h1-4,7-8H,5-6,19H2. The van der Waals surface area contributed by atoms with Crippen molar-refractivity contribution in [3.05, 3.63) is 57.6 Å². The van der Waals surface area contributed by atoms with Gasteiger partial charge in [-0.3, -0.25) is 10.1 Å². The van der Waals surface area contributed by atoms with Gasteiger partial charge in [-0.2, -0.15) is 10.5 Å². The van der Waals surface area contributed by atoms with E-state index in [4.69, 9.17) is 25.7 Å². The topological polar surface area (TPSA) is 135 Å². The van der Waals surface area contributed by atoms with Crippen LogP contribution in [0.3, 0.4) is 0 Å². The number of nitrogens with zero attached hydrogens (tertiary/aromatic N) is 3. The number of ether oxygens (including phenoxy) is 2. The average molecular weight is 324 g/mol. The van der Waals surface area contributed by atoms with Crippen LogP contribution < -0.4 is 15.2 Å². The molecule has 0 radical (unpaired) electrons. The van der Waals surface area contributed by atoms with E-state index in [0.29, 0.717) is 17.0 Å². The van der Waals surface area contributed by atoms with Crippen LogP contribution in [0, 0.1) is 32.8 Å². The molecule has 0 bridgehead atoms. The van der Waals surface area contributed by atoms with E-state index in [9.17, 15) is 10.1 Å². The molecule has 0 aliphatic carbocycles. The monoisotopic (exact) mass is 324 g/mol. The fraction of sp³-hybridized carbons (Fsp3) is 0.125. The summed E-state index contributed by atoms with van der Waals surface area (Å²) in [7, 11) is 0. The molecule has 8 heteroatoms. The molecule has 0 unspecified atom stereocenters. The van der Waals surface area contributed by atoms with Gasteiger partial charge in [0.05, 0.1) is 10.5 Å². The molecule has 0 saturated carbocycles. The smallest absolute Gasteiger partial charge is 0.271 e. The summed E-state index contributed by atoms with van der Waals surface area (Å²) in [4.78, 5) is 10.1. The maximum atomic E-state index is 10.7. The van der Waals surface area contributed by atoms with Crippen molar-refractivity contribution >= 4 is 11.4 Å². The lowest BCUT2D eigenvalue weighted by Crippen LogP contribution is -2.10. The van der Waals surface area contributed by atoms with Crippen LogP contribution in [0.15, 0.2) is 36.4 Å². The Morgan fingerprint density at radius 2 is 1.54 bits per heavy atom. The molecule has 0 amide bonds. The van der Waals surface area contributed by atoms with Gasteiger partial charge in [-0.1, -0.05) is 0 Å². The molecule has 2 rings (SSSR count). The molecule has 0 aliphatic rings. The van der Waals surface area contributed by atoms with Crippen LogP contribution in [0.4, 0.5) is 11.4 Å². The Hall–Kier alpha value is -3.78. The predicted molar refractivity (Wildman–Crippen MR) is 84.4 cm³/mol. The van der Waals surface area contributed by atoms with Crippen LogP contribution in [-0.2, 0) is 0 Å². The lowest BCUT2D eigenvalue weighted by Gasteiger charge is -2.10. The van der Waals surface area contributed by atoms with Crippen LogP contribution in [0.25, 0.3) is 0 Å². The van der Waals surface area contributed by atoms with Crippen molar-refractivity contribution in [2.75, 3.05) is 18.9 Å². The van der Waals surface area contributed by atoms with Gasteiger partial charge >= 0.3 is 0 Å². The van der Waals surface area contributed by atoms with Crippen molar-refractivity contribution in [2.45, 2.75) is 0 Å². The van der Waals surface area contributed by atoms with E-state index in [2.05, 4.69) is 0 Å².